The molecule has 84 valence electrons. The molecule has 0 heterocycles. The maximum atomic E-state index is 8.91. The lowest BCUT2D eigenvalue weighted by atomic mass is 10.1. The van der Waals surface area contributed by atoms with Crippen molar-refractivity contribution < 1.29 is 5.11 Å². The van der Waals surface area contributed by atoms with Crippen LogP contribution in [0.2, 0.25) is 5.02 Å². The molecule has 2 N–H and O–H groups in total. The van der Waals surface area contributed by atoms with Gasteiger partial charge < -0.3 is 10.4 Å². The van der Waals surface area contributed by atoms with Crippen molar-refractivity contribution in [2.75, 3.05) is 13.2 Å². The van der Waals surface area contributed by atoms with Gasteiger partial charge in [0.2, 0.25) is 0 Å². The highest BCUT2D eigenvalue weighted by Gasteiger charge is 2.09. The normalized spacial score (nSPS) is 14.9. The molecular formula is C12H18ClNO. The molecule has 0 aromatic heterocycles. The molecule has 1 aromatic rings. The predicted molar refractivity (Wildman–Crippen MR) is 64.1 cm³/mol. The van der Waals surface area contributed by atoms with Gasteiger partial charge in [0.05, 0.1) is 0 Å². The van der Waals surface area contributed by atoms with Crippen molar-refractivity contribution >= 4 is 11.6 Å². The molecule has 0 bridgehead atoms. The standard InChI is InChI=1S/C12H18ClNO/c1-9(8-15)7-14-10(2)11-5-3-4-6-12(11)13/h3-6,9-10,14-15H,7-8H2,1-2H3/t9?,10-/m0/s1. The Hall–Kier alpha value is -0.570. The number of hydrogen-bond donors (Lipinski definition) is 2. The molecule has 1 rings (SSSR count). The Morgan fingerprint density at radius 2 is 2.00 bits per heavy atom. The van der Waals surface area contributed by atoms with Gasteiger partial charge in [0.1, 0.15) is 0 Å². The zero-order valence-corrected chi connectivity index (χ0v) is 9.96. The van der Waals surface area contributed by atoms with Crippen LogP contribution in [0.25, 0.3) is 0 Å². The molecule has 0 aliphatic carbocycles. The number of benzene rings is 1. The van der Waals surface area contributed by atoms with Crippen molar-refractivity contribution in [2.45, 2.75) is 19.9 Å². The lowest BCUT2D eigenvalue weighted by Crippen LogP contribution is -2.26. The van der Waals surface area contributed by atoms with Crippen molar-refractivity contribution in [1.29, 1.82) is 0 Å². The Kier molecular flexibility index (Phi) is 5.09. The Balaban J connectivity index is 2.54. The largest absolute Gasteiger partial charge is 0.396 e. The number of nitrogens with one attached hydrogen (secondary N) is 1. The predicted octanol–water partition coefficient (Wildman–Crippen LogP) is 2.62. The zero-order valence-electron chi connectivity index (χ0n) is 9.20. The Bertz CT molecular complexity index is 303. The highest BCUT2D eigenvalue weighted by Crippen LogP contribution is 2.21. The van der Waals surface area contributed by atoms with Gasteiger partial charge in [-0.1, -0.05) is 36.7 Å². The van der Waals surface area contributed by atoms with Gasteiger partial charge in [-0.25, -0.2) is 0 Å². The average molecular weight is 228 g/mol. The number of aliphatic hydroxyl groups excluding tert-OH is 1. The summed E-state index contributed by atoms with van der Waals surface area (Å²) in [7, 11) is 0. The van der Waals surface area contributed by atoms with Crippen LogP contribution in [0.15, 0.2) is 24.3 Å². The van der Waals surface area contributed by atoms with E-state index in [0.29, 0.717) is 0 Å². The fourth-order valence-electron chi connectivity index (χ4n) is 1.38. The van der Waals surface area contributed by atoms with E-state index in [1.165, 1.54) is 0 Å². The maximum Gasteiger partial charge on any atom is 0.0468 e. The van der Waals surface area contributed by atoms with E-state index in [0.717, 1.165) is 17.1 Å². The van der Waals surface area contributed by atoms with Crippen molar-refractivity contribution in [3.8, 4) is 0 Å². The van der Waals surface area contributed by atoms with Crippen LogP contribution in [0.4, 0.5) is 0 Å². The fraction of sp³-hybridized carbons (Fsp3) is 0.500. The maximum absolute atomic E-state index is 8.91. The molecule has 1 aromatic carbocycles. The van der Waals surface area contributed by atoms with Crippen LogP contribution in [-0.4, -0.2) is 18.3 Å². The van der Waals surface area contributed by atoms with Crippen LogP contribution in [-0.2, 0) is 0 Å². The topological polar surface area (TPSA) is 32.3 Å². The first-order valence-electron chi connectivity index (χ1n) is 5.23. The quantitative estimate of drug-likeness (QED) is 0.811. The summed E-state index contributed by atoms with van der Waals surface area (Å²) in [6.07, 6.45) is 0. The summed E-state index contributed by atoms with van der Waals surface area (Å²) in [4.78, 5) is 0. The van der Waals surface area contributed by atoms with Gasteiger partial charge in [0, 0.05) is 24.2 Å². The molecule has 0 fully saturated rings. The number of hydrogen-bond acceptors (Lipinski definition) is 2. The summed E-state index contributed by atoms with van der Waals surface area (Å²) in [6.45, 7) is 5.09. The Morgan fingerprint density at radius 1 is 1.33 bits per heavy atom. The van der Waals surface area contributed by atoms with Crippen molar-refractivity contribution in [3.05, 3.63) is 34.9 Å². The van der Waals surface area contributed by atoms with Gasteiger partial charge in [-0.2, -0.15) is 0 Å². The van der Waals surface area contributed by atoms with Crippen LogP contribution in [0.5, 0.6) is 0 Å². The van der Waals surface area contributed by atoms with Crippen LogP contribution < -0.4 is 5.32 Å². The first-order chi connectivity index (χ1) is 7.15. The van der Waals surface area contributed by atoms with E-state index in [1.54, 1.807) is 0 Å². The highest BCUT2D eigenvalue weighted by molar-refractivity contribution is 6.31. The van der Waals surface area contributed by atoms with Gasteiger partial charge in [-0.3, -0.25) is 0 Å². The fourth-order valence-corrected chi connectivity index (χ4v) is 1.68. The van der Waals surface area contributed by atoms with Gasteiger partial charge in [0.15, 0.2) is 0 Å². The number of halogens is 1. The molecule has 0 aliphatic rings. The third kappa shape index (κ3) is 3.82. The Labute approximate surface area is 96.3 Å². The molecule has 15 heavy (non-hydrogen) atoms. The summed E-state index contributed by atoms with van der Waals surface area (Å²) < 4.78 is 0. The summed E-state index contributed by atoms with van der Waals surface area (Å²) in [5, 5.41) is 13.0. The highest BCUT2D eigenvalue weighted by atomic mass is 35.5. The second-order valence-electron chi connectivity index (χ2n) is 3.94. The van der Waals surface area contributed by atoms with Crippen molar-refractivity contribution in [1.82, 2.24) is 5.32 Å². The first-order valence-corrected chi connectivity index (χ1v) is 5.61. The van der Waals surface area contributed by atoms with Gasteiger partial charge in [0.25, 0.3) is 0 Å². The molecule has 0 spiro atoms. The minimum absolute atomic E-state index is 0.211. The van der Waals surface area contributed by atoms with Crippen LogP contribution in [0.3, 0.4) is 0 Å². The van der Waals surface area contributed by atoms with E-state index in [4.69, 9.17) is 16.7 Å². The van der Waals surface area contributed by atoms with E-state index in [-0.39, 0.29) is 18.6 Å². The SMILES string of the molecule is CC(CO)CN[C@@H](C)c1ccccc1Cl. The molecule has 0 radical (unpaired) electrons. The molecule has 3 heteroatoms. The van der Waals surface area contributed by atoms with E-state index in [1.807, 2.05) is 31.2 Å². The summed E-state index contributed by atoms with van der Waals surface area (Å²) >= 11 is 6.08. The summed E-state index contributed by atoms with van der Waals surface area (Å²) in [6, 6.07) is 8.03. The lowest BCUT2D eigenvalue weighted by Gasteiger charge is -2.17. The average Bonchev–Trinajstić information content (AvgIpc) is 2.26. The van der Waals surface area contributed by atoms with Crippen LogP contribution >= 0.6 is 11.6 Å². The second-order valence-corrected chi connectivity index (χ2v) is 4.35. The van der Waals surface area contributed by atoms with Crippen molar-refractivity contribution in [2.24, 2.45) is 5.92 Å². The van der Waals surface area contributed by atoms with E-state index >= 15 is 0 Å². The molecule has 0 amide bonds. The third-order valence-corrected chi connectivity index (χ3v) is 2.80. The Morgan fingerprint density at radius 3 is 2.60 bits per heavy atom. The van der Waals surface area contributed by atoms with Gasteiger partial charge in [-0.15, -0.1) is 0 Å². The molecular weight excluding hydrogens is 210 g/mol. The lowest BCUT2D eigenvalue weighted by molar-refractivity contribution is 0.231. The minimum Gasteiger partial charge on any atom is -0.396 e. The molecule has 0 saturated carbocycles. The molecule has 0 saturated heterocycles. The molecule has 2 nitrogen and oxygen atoms in total. The monoisotopic (exact) mass is 227 g/mol. The summed E-state index contributed by atoms with van der Waals surface area (Å²) in [5.41, 5.74) is 1.10. The molecule has 2 atom stereocenters. The second kappa shape index (κ2) is 6.11. The minimum atomic E-state index is 0.211. The third-order valence-electron chi connectivity index (χ3n) is 2.46. The molecule has 1 unspecified atom stereocenters. The van der Waals surface area contributed by atoms with E-state index in [2.05, 4.69) is 12.2 Å². The first kappa shape index (κ1) is 12.5. The van der Waals surface area contributed by atoms with Crippen molar-refractivity contribution in [3.63, 3.8) is 0 Å². The zero-order chi connectivity index (χ0) is 11.3. The number of aliphatic hydroxyl groups is 1. The molecule has 0 aliphatic heterocycles. The van der Waals surface area contributed by atoms with Gasteiger partial charge >= 0.3 is 0 Å². The smallest absolute Gasteiger partial charge is 0.0468 e. The van der Waals surface area contributed by atoms with Crippen LogP contribution in [0, 0.1) is 5.92 Å². The number of rotatable bonds is 5. The van der Waals surface area contributed by atoms with E-state index in [9.17, 15) is 0 Å². The van der Waals surface area contributed by atoms with Crippen LogP contribution in [0.1, 0.15) is 25.5 Å². The summed E-state index contributed by atoms with van der Waals surface area (Å²) in [5.74, 6) is 0.273. The van der Waals surface area contributed by atoms with E-state index < -0.39 is 0 Å². The van der Waals surface area contributed by atoms with Gasteiger partial charge in [-0.05, 0) is 24.5 Å².